The van der Waals surface area contributed by atoms with Crippen molar-refractivity contribution in [2.75, 3.05) is 13.2 Å². The van der Waals surface area contributed by atoms with Gasteiger partial charge in [-0.1, -0.05) is 30.3 Å². The van der Waals surface area contributed by atoms with Crippen molar-refractivity contribution in [1.82, 2.24) is 0 Å². The normalized spacial score (nSPS) is 12.2. The van der Waals surface area contributed by atoms with Gasteiger partial charge in [-0.2, -0.15) is 0 Å². The molecule has 0 aliphatic rings. The first-order chi connectivity index (χ1) is 6.70. The van der Waals surface area contributed by atoms with Crippen LogP contribution in [0.4, 0.5) is 0 Å². The maximum absolute atomic E-state index is 8.99. The van der Waals surface area contributed by atoms with Gasteiger partial charge in [0.25, 0.3) is 0 Å². The van der Waals surface area contributed by atoms with Gasteiger partial charge < -0.3 is 10.2 Å². The minimum Gasteiger partial charge on any atom is -0.394 e. The maximum Gasteiger partial charge on any atom is 0.104 e. The summed E-state index contributed by atoms with van der Waals surface area (Å²) in [4.78, 5) is 4.14. The second-order valence-electron chi connectivity index (χ2n) is 3.48. The van der Waals surface area contributed by atoms with Crippen LogP contribution >= 0.6 is 0 Å². The number of nitrogens with zero attached hydrogens (tertiary/aromatic N) is 1. The number of benzene rings is 1. The second kappa shape index (κ2) is 4.88. The first kappa shape index (κ1) is 10.9. The third kappa shape index (κ3) is 2.94. The molecule has 3 nitrogen and oxygen atoms in total. The second-order valence-corrected chi connectivity index (χ2v) is 3.48. The Labute approximate surface area is 83.7 Å². The summed E-state index contributed by atoms with van der Waals surface area (Å²) in [6.45, 7) is 1.38. The SMILES string of the molecule is CC(CO)(CO)N=Cc1ccccc1. The Balaban J connectivity index is 2.72. The highest BCUT2D eigenvalue weighted by molar-refractivity contribution is 5.79. The van der Waals surface area contributed by atoms with E-state index in [0.29, 0.717) is 0 Å². The molecule has 3 heteroatoms. The zero-order valence-electron chi connectivity index (χ0n) is 8.22. The molecule has 1 aromatic rings. The molecule has 0 heterocycles. The predicted molar refractivity (Wildman–Crippen MR) is 56.6 cm³/mol. The van der Waals surface area contributed by atoms with E-state index in [1.807, 2.05) is 30.3 Å². The van der Waals surface area contributed by atoms with Crippen molar-refractivity contribution in [3.05, 3.63) is 35.9 Å². The van der Waals surface area contributed by atoms with Crippen LogP contribution in [0.2, 0.25) is 0 Å². The molecular weight excluding hydrogens is 178 g/mol. The number of rotatable bonds is 4. The van der Waals surface area contributed by atoms with E-state index in [-0.39, 0.29) is 13.2 Å². The molecule has 0 saturated carbocycles. The molecular formula is C11H15NO2. The van der Waals surface area contributed by atoms with E-state index in [1.165, 1.54) is 0 Å². The van der Waals surface area contributed by atoms with E-state index in [0.717, 1.165) is 5.56 Å². The van der Waals surface area contributed by atoms with Gasteiger partial charge in [-0.3, -0.25) is 4.99 Å². The molecule has 2 N–H and O–H groups in total. The summed E-state index contributed by atoms with van der Waals surface area (Å²) in [5.41, 5.74) is 0.177. The van der Waals surface area contributed by atoms with Crippen LogP contribution in [-0.2, 0) is 0 Å². The van der Waals surface area contributed by atoms with Gasteiger partial charge in [0, 0.05) is 6.21 Å². The number of hydrogen-bond donors (Lipinski definition) is 2. The molecule has 1 aromatic carbocycles. The zero-order chi connectivity index (χ0) is 10.4. The summed E-state index contributed by atoms with van der Waals surface area (Å²) in [6, 6.07) is 9.58. The quantitative estimate of drug-likeness (QED) is 0.696. The molecule has 0 saturated heterocycles. The minimum atomic E-state index is -0.782. The molecule has 0 unspecified atom stereocenters. The van der Waals surface area contributed by atoms with Crippen LogP contribution in [-0.4, -0.2) is 35.2 Å². The summed E-state index contributed by atoms with van der Waals surface area (Å²) in [5, 5.41) is 18.0. The van der Waals surface area contributed by atoms with Gasteiger partial charge in [-0.25, -0.2) is 0 Å². The fraction of sp³-hybridized carbons (Fsp3) is 0.364. The Morgan fingerprint density at radius 1 is 1.21 bits per heavy atom. The topological polar surface area (TPSA) is 52.8 Å². The first-order valence-corrected chi connectivity index (χ1v) is 4.52. The molecule has 1 rings (SSSR count). The third-order valence-electron chi connectivity index (χ3n) is 2.01. The van der Waals surface area contributed by atoms with Gasteiger partial charge in [0.1, 0.15) is 5.54 Å². The van der Waals surface area contributed by atoms with Crippen LogP contribution in [0.15, 0.2) is 35.3 Å². The summed E-state index contributed by atoms with van der Waals surface area (Å²) in [7, 11) is 0. The van der Waals surface area contributed by atoms with Gasteiger partial charge in [-0.05, 0) is 12.5 Å². The highest BCUT2D eigenvalue weighted by atomic mass is 16.3. The van der Waals surface area contributed by atoms with E-state index >= 15 is 0 Å². The van der Waals surface area contributed by atoms with Crippen molar-refractivity contribution in [3.8, 4) is 0 Å². The molecule has 0 aliphatic heterocycles. The lowest BCUT2D eigenvalue weighted by Crippen LogP contribution is -2.31. The Kier molecular flexibility index (Phi) is 3.80. The highest BCUT2D eigenvalue weighted by Gasteiger charge is 2.19. The summed E-state index contributed by atoms with van der Waals surface area (Å²) >= 11 is 0. The maximum atomic E-state index is 8.99. The average molecular weight is 193 g/mol. The Morgan fingerprint density at radius 3 is 2.29 bits per heavy atom. The lowest BCUT2D eigenvalue weighted by molar-refractivity contribution is 0.136. The monoisotopic (exact) mass is 193 g/mol. The van der Waals surface area contributed by atoms with Gasteiger partial charge in [-0.15, -0.1) is 0 Å². The van der Waals surface area contributed by atoms with Crippen molar-refractivity contribution in [1.29, 1.82) is 0 Å². The summed E-state index contributed by atoms with van der Waals surface area (Å²) in [6.07, 6.45) is 1.66. The summed E-state index contributed by atoms with van der Waals surface area (Å²) < 4.78 is 0. The number of aliphatic hydroxyl groups is 2. The van der Waals surface area contributed by atoms with Gasteiger partial charge >= 0.3 is 0 Å². The summed E-state index contributed by atoms with van der Waals surface area (Å²) in [5.74, 6) is 0. The van der Waals surface area contributed by atoms with Crippen molar-refractivity contribution < 1.29 is 10.2 Å². The van der Waals surface area contributed by atoms with E-state index in [9.17, 15) is 0 Å². The van der Waals surface area contributed by atoms with E-state index in [1.54, 1.807) is 13.1 Å². The molecule has 0 atom stereocenters. The molecule has 0 radical (unpaired) electrons. The van der Waals surface area contributed by atoms with Crippen molar-refractivity contribution in [2.24, 2.45) is 4.99 Å². The van der Waals surface area contributed by atoms with Gasteiger partial charge in [0.15, 0.2) is 0 Å². The fourth-order valence-electron chi connectivity index (χ4n) is 0.901. The van der Waals surface area contributed by atoms with Crippen molar-refractivity contribution in [3.63, 3.8) is 0 Å². The third-order valence-corrected chi connectivity index (χ3v) is 2.01. The van der Waals surface area contributed by atoms with E-state index in [4.69, 9.17) is 10.2 Å². The molecule has 0 amide bonds. The molecule has 0 bridgehead atoms. The molecule has 0 aliphatic carbocycles. The Bertz CT molecular complexity index is 291. The minimum absolute atomic E-state index is 0.160. The van der Waals surface area contributed by atoms with Crippen molar-refractivity contribution >= 4 is 6.21 Å². The largest absolute Gasteiger partial charge is 0.394 e. The van der Waals surface area contributed by atoms with Gasteiger partial charge in [0.05, 0.1) is 13.2 Å². The lowest BCUT2D eigenvalue weighted by Gasteiger charge is -2.18. The zero-order valence-corrected chi connectivity index (χ0v) is 8.22. The number of aliphatic imine (C=N–C) groups is 1. The first-order valence-electron chi connectivity index (χ1n) is 4.52. The highest BCUT2D eigenvalue weighted by Crippen LogP contribution is 2.07. The fourth-order valence-corrected chi connectivity index (χ4v) is 0.901. The standard InChI is InChI=1S/C11H15NO2/c1-11(8-13,9-14)12-7-10-5-3-2-4-6-10/h2-7,13-14H,8-9H2,1H3. The smallest absolute Gasteiger partial charge is 0.104 e. The van der Waals surface area contributed by atoms with Crippen LogP contribution in [0.3, 0.4) is 0 Å². The van der Waals surface area contributed by atoms with Crippen molar-refractivity contribution in [2.45, 2.75) is 12.5 Å². The molecule has 76 valence electrons. The van der Waals surface area contributed by atoms with E-state index in [2.05, 4.69) is 4.99 Å². The molecule has 0 aromatic heterocycles. The lowest BCUT2D eigenvalue weighted by atomic mass is 10.1. The predicted octanol–water partition coefficient (Wildman–Crippen LogP) is 0.849. The molecule has 14 heavy (non-hydrogen) atoms. The Morgan fingerprint density at radius 2 is 1.79 bits per heavy atom. The number of aliphatic hydroxyl groups excluding tert-OH is 2. The molecule has 0 fully saturated rings. The van der Waals surface area contributed by atoms with Crippen LogP contribution in [0.25, 0.3) is 0 Å². The Hall–Kier alpha value is -1.19. The van der Waals surface area contributed by atoms with Crippen LogP contribution < -0.4 is 0 Å². The molecule has 0 spiro atoms. The van der Waals surface area contributed by atoms with Crippen LogP contribution in [0.1, 0.15) is 12.5 Å². The van der Waals surface area contributed by atoms with Gasteiger partial charge in [0.2, 0.25) is 0 Å². The van der Waals surface area contributed by atoms with Crippen LogP contribution in [0.5, 0.6) is 0 Å². The van der Waals surface area contributed by atoms with E-state index < -0.39 is 5.54 Å². The average Bonchev–Trinajstić information content (AvgIpc) is 2.27. The number of hydrogen-bond acceptors (Lipinski definition) is 3. The van der Waals surface area contributed by atoms with Crippen LogP contribution in [0, 0.1) is 0 Å².